The summed E-state index contributed by atoms with van der Waals surface area (Å²) in [5, 5.41) is 9.33. The van der Waals surface area contributed by atoms with Crippen LogP contribution in [0.5, 0.6) is 0 Å². The fourth-order valence-electron chi connectivity index (χ4n) is 2.51. The van der Waals surface area contributed by atoms with Gasteiger partial charge in [0, 0.05) is 18.1 Å². The molecule has 0 bridgehead atoms. The van der Waals surface area contributed by atoms with Crippen LogP contribution >= 0.6 is 0 Å². The van der Waals surface area contributed by atoms with Crippen LogP contribution in [0.4, 0.5) is 0 Å². The molecule has 0 aromatic heterocycles. The lowest BCUT2D eigenvalue weighted by Gasteiger charge is -2.46. The third-order valence-electron chi connectivity index (χ3n) is 3.74. The van der Waals surface area contributed by atoms with Gasteiger partial charge < -0.3 is 15.6 Å². The van der Waals surface area contributed by atoms with Crippen molar-refractivity contribution in [2.45, 2.75) is 44.2 Å². The van der Waals surface area contributed by atoms with E-state index in [-0.39, 0.29) is 24.2 Å². The lowest BCUT2D eigenvalue weighted by molar-refractivity contribution is -0.0367. The number of nitrogens with two attached hydrogens (primary N) is 1. The molecule has 1 saturated heterocycles. The first-order chi connectivity index (χ1) is 6.28. The van der Waals surface area contributed by atoms with Crippen molar-refractivity contribution >= 4 is 0 Å². The Hall–Kier alpha value is -0.120. The minimum absolute atomic E-state index is 0.00495. The Labute approximate surface area is 79.3 Å². The van der Waals surface area contributed by atoms with E-state index in [4.69, 9.17) is 10.5 Å². The van der Waals surface area contributed by atoms with E-state index in [1.807, 2.05) is 0 Å². The highest BCUT2D eigenvalue weighted by molar-refractivity contribution is 4.99. The summed E-state index contributed by atoms with van der Waals surface area (Å²) in [6.07, 6.45) is 5.76. The molecule has 76 valence electrons. The molecular weight excluding hydrogens is 166 g/mol. The number of hydrogen-bond acceptors (Lipinski definition) is 3. The highest BCUT2D eigenvalue weighted by atomic mass is 16.5. The van der Waals surface area contributed by atoms with Gasteiger partial charge in [0.15, 0.2) is 0 Å². The third-order valence-corrected chi connectivity index (χ3v) is 3.74. The minimum Gasteiger partial charge on any atom is -0.396 e. The molecule has 0 unspecified atom stereocenters. The molecular formula is C10H19NO2. The highest BCUT2D eigenvalue weighted by Crippen LogP contribution is 2.45. The molecule has 2 aliphatic rings. The van der Waals surface area contributed by atoms with Gasteiger partial charge in [-0.15, -0.1) is 0 Å². The van der Waals surface area contributed by atoms with Crippen molar-refractivity contribution in [1.82, 2.24) is 0 Å². The molecule has 2 rings (SSSR count). The zero-order valence-electron chi connectivity index (χ0n) is 8.04. The molecule has 0 amide bonds. The van der Waals surface area contributed by atoms with Gasteiger partial charge in [0.1, 0.15) is 0 Å². The molecule has 0 spiro atoms. The van der Waals surface area contributed by atoms with Gasteiger partial charge in [-0.1, -0.05) is 6.42 Å². The third kappa shape index (κ3) is 1.49. The van der Waals surface area contributed by atoms with Crippen LogP contribution in [0.3, 0.4) is 0 Å². The average Bonchev–Trinajstić information content (AvgIpc) is 2.54. The summed E-state index contributed by atoms with van der Waals surface area (Å²) in [5.41, 5.74) is 6.14. The first kappa shape index (κ1) is 9.44. The summed E-state index contributed by atoms with van der Waals surface area (Å²) in [7, 11) is 0. The van der Waals surface area contributed by atoms with Crippen molar-refractivity contribution in [3.05, 3.63) is 0 Å². The average molecular weight is 185 g/mol. The zero-order valence-corrected chi connectivity index (χ0v) is 8.04. The topological polar surface area (TPSA) is 55.5 Å². The Morgan fingerprint density at radius 1 is 1.46 bits per heavy atom. The molecule has 2 atom stereocenters. The normalized spacial score (nSPS) is 34.2. The largest absolute Gasteiger partial charge is 0.396 e. The van der Waals surface area contributed by atoms with Crippen LogP contribution in [-0.2, 0) is 4.74 Å². The smallest absolute Gasteiger partial charge is 0.0733 e. The van der Waals surface area contributed by atoms with Gasteiger partial charge in [-0.2, -0.15) is 0 Å². The quantitative estimate of drug-likeness (QED) is 0.679. The molecule has 3 N–H and O–H groups in total. The monoisotopic (exact) mass is 185 g/mol. The Kier molecular flexibility index (Phi) is 2.58. The van der Waals surface area contributed by atoms with Crippen LogP contribution in [-0.4, -0.2) is 30.5 Å². The van der Waals surface area contributed by atoms with Crippen molar-refractivity contribution in [3.8, 4) is 0 Å². The number of hydrogen-bond donors (Lipinski definition) is 2. The Bertz CT molecular complexity index is 168. The molecule has 3 nitrogen and oxygen atoms in total. The number of rotatable bonds is 3. The second kappa shape index (κ2) is 3.56. The predicted octanol–water partition coefficient (Wildman–Crippen LogP) is 0.655. The highest BCUT2D eigenvalue weighted by Gasteiger charge is 2.45. The fraction of sp³-hybridized carbons (Fsp3) is 1.00. The summed E-state index contributed by atoms with van der Waals surface area (Å²) in [6, 6.07) is 0.0498. The Balaban J connectivity index is 1.97. The van der Waals surface area contributed by atoms with E-state index in [1.165, 1.54) is 6.42 Å². The van der Waals surface area contributed by atoms with Crippen LogP contribution in [0, 0.1) is 5.41 Å². The SMILES string of the molecule is N[C@@H]([C@H]1CCCO1)C1(CO)CCC1. The number of ether oxygens (including phenoxy) is 1. The van der Waals surface area contributed by atoms with E-state index in [0.29, 0.717) is 0 Å². The molecule has 0 aromatic carbocycles. The first-order valence-corrected chi connectivity index (χ1v) is 5.26. The number of aliphatic hydroxyl groups is 1. The van der Waals surface area contributed by atoms with Crippen LogP contribution in [0.25, 0.3) is 0 Å². The van der Waals surface area contributed by atoms with E-state index in [2.05, 4.69) is 0 Å². The lowest BCUT2D eigenvalue weighted by atomic mass is 9.63. The standard InChI is InChI=1S/C10H19NO2/c11-9(8-3-1-6-13-8)10(7-12)4-2-5-10/h8-9,12H,1-7,11H2/t8-,9+/m1/s1. The van der Waals surface area contributed by atoms with Gasteiger partial charge in [0.25, 0.3) is 0 Å². The van der Waals surface area contributed by atoms with Gasteiger partial charge >= 0.3 is 0 Å². The first-order valence-electron chi connectivity index (χ1n) is 5.26. The molecule has 1 saturated carbocycles. The zero-order chi connectivity index (χ0) is 9.31. The fourth-order valence-corrected chi connectivity index (χ4v) is 2.51. The summed E-state index contributed by atoms with van der Waals surface area (Å²) in [6.45, 7) is 1.08. The van der Waals surface area contributed by atoms with Crippen molar-refractivity contribution in [2.75, 3.05) is 13.2 Å². The Morgan fingerprint density at radius 2 is 2.23 bits per heavy atom. The summed E-state index contributed by atoms with van der Waals surface area (Å²) in [4.78, 5) is 0. The van der Waals surface area contributed by atoms with Gasteiger partial charge in [-0.05, 0) is 25.7 Å². The van der Waals surface area contributed by atoms with E-state index in [0.717, 1.165) is 32.3 Å². The second-order valence-corrected chi connectivity index (χ2v) is 4.45. The van der Waals surface area contributed by atoms with Crippen molar-refractivity contribution in [3.63, 3.8) is 0 Å². The molecule has 0 radical (unpaired) electrons. The molecule has 1 heterocycles. The van der Waals surface area contributed by atoms with Gasteiger partial charge in [-0.25, -0.2) is 0 Å². The van der Waals surface area contributed by atoms with Crippen LogP contribution in [0.2, 0.25) is 0 Å². The maximum atomic E-state index is 9.33. The maximum absolute atomic E-state index is 9.33. The van der Waals surface area contributed by atoms with Crippen molar-refractivity contribution in [2.24, 2.45) is 11.1 Å². The van der Waals surface area contributed by atoms with Crippen LogP contribution < -0.4 is 5.73 Å². The molecule has 3 heteroatoms. The van der Waals surface area contributed by atoms with E-state index >= 15 is 0 Å². The second-order valence-electron chi connectivity index (χ2n) is 4.45. The Morgan fingerprint density at radius 3 is 2.62 bits per heavy atom. The molecule has 1 aliphatic carbocycles. The van der Waals surface area contributed by atoms with Crippen molar-refractivity contribution in [1.29, 1.82) is 0 Å². The molecule has 1 aliphatic heterocycles. The van der Waals surface area contributed by atoms with Gasteiger partial charge in [0.2, 0.25) is 0 Å². The van der Waals surface area contributed by atoms with Gasteiger partial charge in [0.05, 0.1) is 12.7 Å². The van der Waals surface area contributed by atoms with Crippen molar-refractivity contribution < 1.29 is 9.84 Å². The summed E-state index contributed by atoms with van der Waals surface area (Å²) in [5.74, 6) is 0. The maximum Gasteiger partial charge on any atom is 0.0733 e. The number of aliphatic hydroxyl groups excluding tert-OH is 1. The molecule has 13 heavy (non-hydrogen) atoms. The van der Waals surface area contributed by atoms with E-state index < -0.39 is 0 Å². The van der Waals surface area contributed by atoms with E-state index in [1.54, 1.807) is 0 Å². The molecule has 2 fully saturated rings. The minimum atomic E-state index is -0.00495. The predicted molar refractivity (Wildman–Crippen MR) is 50.3 cm³/mol. The molecule has 0 aromatic rings. The summed E-state index contributed by atoms with van der Waals surface area (Å²) < 4.78 is 5.56. The van der Waals surface area contributed by atoms with Gasteiger partial charge in [-0.3, -0.25) is 0 Å². The summed E-state index contributed by atoms with van der Waals surface area (Å²) >= 11 is 0. The van der Waals surface area contributed by atoms with Crippen LogP contribution in [0.1, 0.15) is 32.1 Å². The lowest BCUT2D eigenvalue weighted by Crippen LogP contribution is -2.55. The van der Waals surface area contributed by atoms with E-state index in [9.17, 15) is 5.11 Å². The van der Waals surface area contributed by atoms with Crippen LogP contribution in [0.15, 0.2) is 0 Å².